The van der Waals surface area contributed by atoms with E-state index in [-0.39, 0.29) is 0 Å². The lowest BCUT2D eigenvalue weighted by Gasteiger charge is -2.25. The van der Waals surface area contributed by atoms with Crippen molar-refractivity contribution in [3.8, 4) is 0 Å². The molecule has 0 saturated carbocycles. The minimum Gasteiger partial charge on any atom is -0.299 e. The first-order chi connectivity index (χ1) is 12.3. The van der Waals surface area contributed by atoms with Crippen molar-refractivity contribution in [1.82, 2.24) is 9.47 Å². The highest BCUT2D eigenvalue weighted by Crippen LogP contribution is 2.14. The second-order valence-electron chi connectivity index (χ2n) is 6.95. The monoisotopic (exact) mass is 354 g/mol. The van der Waals surface area contributed by atoms with Gasteiger partial charge in [-0.25, -0.2) is 9.13 Å². The van der Waals surface area contributed by atoms with Gasteiger partial charge in [0.25, 0.3) is 0 Å². The average Bonchev–Trinajstić information content (AvgIpc) is 3.01. The lowest BCUT2D eigenvalue weighted by Crippen LogP contribution is -2.34. The minimum atomic E-state index is 0.790. The molecule has 1 aromatic heterocycles. The van der Waals surface area contributed by atoms with E-state index in [9.17, 15) is 0 Å². The number of hydrogen-bond donors (Lipinski definition) is 0. The van der Waals surface area contributed by atoms with Crippen LogP contribution < -0.4 is 4.57 Å². The molecular formula is C21H25ClN3+. The largest absolute Gasteiger partial charge is 0.299 e. The molecule has 0 spiro atoms. The smallest absolute Gasteiger partial charge is 0.245 e. The summed E-state index contributed by atoms with van der Waals surface area (Å²) in [4.78, 5) is 2.60. The summed E-state index contributed by atoms with van der Waals surface area (Å²) in [6, 6.07) is 16.8. The summed E-state index contributed by atoms with van der Waals surface area (Å²) in [6.07, 6.45) is 6.36. The van der Waals surface area contributed by atoms with Crippen LogP contribution in [0.15, 0.2) is 54.9 Å². The maximum Gasteiger partial charge on any atom is 0.245 e. The number of benzene rings is 2. The topological polar surface area (TPSA) is 12.0 Å². The molecule has 4 heteroatoms. The highest BCUT2D eigenvalue weighted by atomic mass is 35.5. The lowest BCUT2D eigenvalue weighted by molar-refractivity contribution is -0.663. The third-order valence-electron chi connectivity index (χ3n) is 5.15. The van der Waals surface area contributed by atoms with Crippen molar-refractivity contribution in [2.24, 2.45) is 0 Å². The predicted molar refractivity (Wildman–Crippen MR) is 103 cm³/mol. The number of aromatic nitrogens is 2. The van der Waals surface area contributed by atoms with Gasteiger partial charge in [0, 0.05) is 11.6 Å². The molecule has 1 saturated heterocycles. The van der Waals surface area contributed by atoms with Crippen LogP contribution in [0, 0.1) is 0 Å². The molecule has 3 aromatic rings. The second-order valence-corrected chi connectivity index (χ2v) is 7.39. The molecule has 0 bridgehead atoms. The van der Waals surface area contributed by atoms with Crippen LogP contribution in [-0.4, -0.2) is 29.1 Å². The Labute approximate surface area is 154 Å². The van der Waals surface area contributed by atoms with Crippen LogP contribution in [0.2, 0.25) is 5.02 Å². The molecule has 0 N–H and O–H groups in total. The third-order valence-corrected chi connectivity index (χ3v) is 5.40. The summed E-state index contributed by atoms with van der Waals surface area (Å²) in [5.41, 5.74) is 3.87. The van der Waals surface area contributed by atoms with E-state index in [0.29, 0.717) is 0 Å². The van der Waals surface area contributed by atoms with E-state index in [0.717, 1.165) is 24.7 Å². The first-order valence-electron chi connectivity index (χ1n) is 9.24. The zero-order valence-electron chi connectivity index (χ0n) is 14.6. The normalized spacial score (nSPS) is 15.7. The van der Waals surface area contributed by atoms with Gasteiger partial charge in [0.1, 0.15) is 13.1 Å². The summed E-state index contributed by atoms with van der Waals surface area (Å²) in [6.45, 7) is 5.57. The number of piperidine rings is 1. The molecule has 25 heavy (non-hydrogen) atoms. The van der Waals surface area contributed by atoms with Crippen molar-refractivity contribution in [2.45, 2.75) is 32.4 Å². The number of rotatable bonds is 5. The second kappa shape index (κ2) is 7.59. The van der Waals surface area contributed by atoms with Gasteiger partial charge in [-0.1, -0.05) is 42.3 Å². The average molecular weight is 355 g/mol. The van der Waals surface area contributed by atoms with Crippen LogP contribution in [-0.2, 0) is 13.1 Å². The van der Waals surface area contributed by atoms with Gasteiger partial charge in [0.15, 0.2) is 11.0 Å². The number of nitrogens with zero attached hydrogens (tertiary/aromatic N) is 3. The summed E-state index contributed by atoms with van der Waals surface area (Å²) in [7, 11) is 0. The van der Waals surface area contributed by atoms with Gasteiger partial charge in [0.2, 0.25) is 6.33 Å². The van der Waals surface area contributed by atoms with Crippen molar-refractivity contribution in [3.63, 3.8) is 0 Å². The van der Waals surface area contributed by atoms with E-state index < -0.39 is 0 Å². The molecular weight excluding hydrogens is 330 g/mol. The molecule has 2 heterocycles. The number of hydrogen-bond acceptors (Lipinski definition) is 1. The molecule has 0 aliphatic carbocycles. The molecule has 0 unspecified atom stereocenters. The molecule has 4 rings (SSSR count). The van der Waals surface area contributed by atoms with Crippen LogP contribution in [0.1, 0.15) is 24.8 Å². The molecule has 0 amide bonds. The van der Waals surface area contributed by atoms with Crippen molar-refractivity contribution >= 4 is 22.6 Å². The number of halogens is 1. The van der Waals surface area contributed by atoms with Gasteiger partial charge in [0.05, 0.1) is 0 Å². The summed E-state index contributed by atoms with van der Waals surface area (Å²) in [5, 5.41) is 0.790. The molecule has 130 valence electrons. The molecule has 1 aliphatic heterocycles. The van der Waals surface area contributed by atoms with Crippen LogP contribution in [0.5, 0.6) is 0 Å². The molecule has 3 nitrogen and oxygen atoms in total. The standard InChI is InChI=1S/C21H25ClN3/c22-19-10-8-18(9-11-19)16-25-17-24(20-6-2-3-7-21(20)25)15-14-23-12-4-1-5-13-23/h2-3,6-11,17H,1,4-5,12-16H2/q+1. The Morgan fingerprint density at radius 1 is 0.880 bits per heavy atom. The lowest BCUT2D eigenvalue weighted by atomic mass is 10.1. The number of imidazole rings is 1. The maximum absolute atomic E-state index is 6.01. The number of fused-ring (bicyclic) bond motifs is 1. The van der Waals surface area contributed by atoms with E-state index in [2.05, 4.69) is 56.8 Å². The number of para-hydroxylation sites is 2. The van der Waals surface area contributed by atoms with Gasteiger partial charge in [-0.05, 0) is 55.8 Å². The van der Waals surface area contributed by atoms with E-state index >= 15 is 0 Å². The van der Waals surface area contributed by atoms with Crippen molar-refractivity contribution < 1.29 is 4.57 Å². The SMILES string of the molecule is Clc1ccc(C[n+]2cn(CCN3CCCCC3)c3ccccc32)cc1. The Kier molecular flexibility index (Phi) is 5.04. The summed E-state index contributed by atoms with van der Waals surface area (Å²) >= 11 is 6.01. The first kappa shape index (κ1) is 16.6. The minimum absolute atomic E-state index is 0.790. The molecule has 0 atom stereocenters. The highest BCUT2D eigenvalue weighted by molar-refractivity contribution is 6.30. The Bertz CT molecular complexity index is 832. The number of likely N-dealkylation sites (tertiary alicyclic amines) is 1. The van der Waals surface area contributed by atoms with Crippen LogP contribution in [0.3, 0.4) is 0 Å². The predicted octanol–water partition coefficient (Wildman–Crippen LogP) is 4.12. The Balaban J connectivity index is 1.56. The summed E-state index contributed by atoms with van der Waals surface area (Å²) in [5.74, 6) is 0. The third kappa shape index (κ3) is 3.88. The van der Waals surface area contributed by atoms with E-state index in [1.54, 1.807) is 0 Å². The van der Waals surface area contributed by atoms with Crippen LogP contribution >= 0.6 is 11.6 Å². The van der Waals surface area contributed by atoms with Crippen LogP contribution in [0.4, 0.5) is 0 Å². The quantitative estimate of drug-likeness (QED) is 0.628. The van der Waals surface area contributed by atoms with Gasteiger partial charge < -0.3 is 0 Å². The Morgan fingerprint density at radius 2 is 1.64 bits per heavy atom. The van der Waals surface area contributed by atoms with Crippen molar-refractivity contribution in [2.75, 3.05) is 19.6 Å². The van der Waals surface area contributed by atoms with Crippen molar-refractivity contribution in [1.29, 1.82) is 0 Å². The molecule has 0 radical (unpaired) electrons. The van der Waals surface area contributed by atoms with Crippen LogP contribution in [0.25, 0.3) is 11.0 Å². The Hall–Kier alpha value is -1.84. The van der Waals surface area contributed by atoms with E-state index in [4.69, 9.17) is 11.6 Å². The first-order valence-corrected chi connectivity index (χ1v) is 9.61. The fourth-order valence-corrected chi connectivity index (χ4v) is 3.89. The zero-order chi connectivity index (χ0) is 17.1. The zero-order valence-corrected chi connectivity index (χ0v) is 15.3. The van der Waals surface area contributed by atoms with E-state index in [1.165, 1.54) is 48.9 Å². The maximum atomic E-state index is 6.01. The van der Waals surface area contributed by atoms with Gasteiger partial charge >= 0.3 is 0 Å². The molecule has 1 aliphatic rings. The van der Waals surface area contributed by atoms with Gasteiger partial charge in [-0.3, -0.25) is 4.90 Å². The highest BCUT2D eigenvalue weighted by Gasteiger charge is 2.17. The fourth-order valence-electron chi connectivity index (χ4n) is 3.77. The Morgan fingerprint density at radius 3 is 2.44 bits per heavy atom. The van der Waals surface area contributed by atoms with Gasteiger partial charge in [-0.2, -0.15) is 0 Å². The van der Waals surface area contributed by atoms with Crippen molar-refractivity contribution in [3.05, 3.63) is 65.4 Å². The fraction of sp³-hybridized carbons (Fsp3) is 0.381. The molecule has 1 fully saturated rings. The summed E-state index contributed by atoms with van der Waals surface area (Å²) < 4.78 is 4.74. The van der Waals surface area contributed by atoms with Gasteiger partial charge in [-0.15, -0.1) is 0 Å². The molecule has 2 aromatic carbocycles. The van der Waals surface area contributed by atoms with E-state index in [1.807, 2.05) is 12.1 Å².